The summed E-state index contributed by atoms with van der Waals surface area (Å²) in [5.41, 5.74) is -0.989. The van der Waals surface area contributed by atoms with Crippen LogP contribution >= 0.6 is 0 Å². The van der Waals surface area contributed by atoms with Crippen molar-refractivity contribution in [1.29, 1.82) is 0 Å². The van der Waals surface area contributed by atoms with Crippen molar-refractivity contribution in [2.75, 3.05) is 26.4 Å². The molecule has 2 spiro atoms. The summed E-state index contributed by atoms with van der Waals surface area (Å²) in [4.78, 5) is 0. The van der Waals surface area contributed by atoms with Gasteiger partial charge in [0.2, 0.25) is 0 Å². The highest BCUT2D eigenvalue weighted by molar-refractivity contribution is 5.27. The fraction of sp³-hybridized carbons (Fsp3) is 1.00. The molecule has 0 amide bonds. The molecule has 4 saturated carbocycles. The Hall–Kier alpha value is -0.240. The standard InChI is InChI=1S/C25H38O6/c1-20-8-9-23(29-12-13-30-23)15-24(20)19(31-24)14-16-17(20)4-6-21(2)18(16)5-7-25(21,26)22(3)27-10-11-28-22/h16-19,26H,4-15H2,1-3H3/t16-,17-,18-,19+,20-,21+,24+,25-/m1/s1. The van der Waals surface area contributed by atoms with Crippen LogP contribution in [0.15, 0.2) is 0 Å². The minimum absolute atomic E-state index is 0.0664. The fourth-order valence-corrected chi connectivity index (χ4v) is 9.88. The van der Waals surface area contributed by atoms with Crippen LogP contribution in [-0.2, 0) is 23.7 Å². The molecule has 0 aromatic carbocycles. The van der Waals surface area contributed by atoms with E-state index in [1.54, 1.807) is 0 Å². The van der Waals surface area contributed by atoms with E-state index >= 15 is 0 Å². The van der Waals surface area contributed by atoms with Crippen molar-refractivity contribution in [3.8, 4) is 0 Å². The first kappa shape index (κ1) is 20.2. The number of hydrogen-bond acceptors (Lipinski definition) is 6. The first-order valence-corrected chi connectivity index (χ1v) is 12.7. The maximum atomic E-state index is 12.1. The number of ether oxygens (including phenoxy) is 5. The van der Waals surface area contributed by atoms with Gasteiger partial charge in [-0.3, -0.25) is 0 Å². The zero-order valence-electron chi connectivity index (χ0n) is 19.3. The molecule has 3 saturated heterocycles. The zero-order valence-corrected chi connectivity index (χ0v) is 19.3. The van der Waals surface area contributed by atoms with Crippen LogP contribution in [0.1, 0.15) is 72.1 Å². The predicted octanol–water partition coefficient (Wildman–Crippen LogP) is 3.40. The van der Waals surface area contributed by atoms with E-state index in [4.69, 9.17) is 23.7 Å². The molecule has 3 heterocycles. The quantitative estimate of drug-likeness (QED) is 0.638. The van der Waals surface area contributed by atoms with Gasteiger partial charge in [0.15, 0.2) is 11.6 Å². The van der Waals surface area contributed by atoms with Gasteiger partial charge in [0, 0.05) is 23.7 Å². The smallest absolute Gasteiger partial charge is 0.195 e. The summed E-state index contributed by atoms with van der Waals surface area (Å²) in [6.07, 6.45) is 8.44. The van der Waals surface area contributed by atoms with Crippen molar-refractivity contribution in [2.24, 2.45) is 28.6 Å². The largest absolute Gasteiger partial charge is 0.384 e. The van der Waals surface area contributed by atoms with Gasteiger partial charge < -0.3 is 28.8 Å². The molecule has 0 unspecified atom stereocenters. The summed E-state index contributed by atoms with van der Waals surface area (Å²) in [7, 11) is 0. The lowest BCUT2D eigenvalue weighted by molar-refractivity contribution is -0.301. The maximum Gasteiger partial charge on any atom is 0.195 e. The van der Waals surface area contributed by atoms with Crippen LogP contribution in [0.2, 0.25) is 0 Å². The molecule has 7 fully saturated rings. The third-order valence-corrected chi connectivity index (χ3v) is 11.6. The summed E-state index contributed by atoms with van der Waals surface area (Å²) in [6.45, 7) is 9.38. The molecule has 7 rings (SSSR count). The lowest BCUT2D eigenvalue weighted by atomic mass is 9.43. The number of hydrogen-bond donors (Lipinski definition) is 1. The molecule has 4 aliphatic carbocycles. The second-order valence-corrected chi connectivity index (χ2v) is 12.3. The molecule has 7 aliphatic rings. The Balaban J connectivity index is 1.21. The summed E-state index contributed by atoms with van der Waals surface area (Å²) in [5.74, 6) is 0.459. The highest BCUT2D eigenvalue weighted by Gasteiger charge is 2.80. The van der Waals surface area contributed by atoms with E-state index in [9.17, 15) is 5.11 Å². The highest BCUT2D eigenvalue weighted by atomic mass is 16.8. The van der Waals surface area contributed by atoms with Crippen molar-refractivity contribution in [3.63, 3.8) is 0 Å². The van der Waals surface area contributed by atoms with Crippen molar-refractivity contribution < 1.29 is 28.8 Å². The number of rotatable bonds is 1. The van der Waals surface area contributed by atoms with Crippen LogP contribution in [0, 0.1) is 28.6 Å². The number of fused-ring (bicyclic) bond motifs is 4. The van der Waals surface area contributed by atoms with E-state index in [1.165, 1.54) is 0 Å². The molecule has 0 aromatic heterocycles. The lowest BCUT2D eigenvalue weighted by Crippen LogP contribution is -2.65. The van der Waals surface area contributed by atoms with Crippen LogP contribution in [0.3, 0.4) is 0 Å². The van der Waals surface area contributed by atoms with Gasteiger partial charge in [0.05, 0.1) is 32.5 Å². The SMILES string of the molecule is CC1([C@@]2(O)CC[C@@H]3[C@@H]4C[C@@H]5O[C@@]56CC5(CC[C@]6(C)[C@@H]4CC[C@@]32C)OCCO5)OCCO1. The number of epoxide rings is 1. The molecule has 0 radical (unpaired) electrons. The van der Waals surface area contributed by atoms with Crippen molar-refractivity contribution in [2.45, 2.75) is 101 Å². The summed E-state index contributed by atoms with van der Waals surface area (Å²) in [6, 6.07) is 0. The van der Waals surface area contributed by atoms with Gasteiger partial charge in [0.1, 0.15) is 11.2 Å². The Morgan fingerprint density at radius 2 is 1.39 bits per heavy atom. The second kappa shape index (κ2) is 5.87. The maximum absolute atomic E-state index is 12.1. The molecular weight excluding hydrogens is 396 g/mol. The molecule has 0 bridgehead atoms. The van der Waals surface area contributed by atoms with Crippen LogP contribution in [0.4, 0.5) is 0 Å². The van der Waals surface area contributed by atoms with Gasteiger partial charge >= 0.3 is 0 Å². The van der Waals surface area contributed by atoms with Crippen LogP contribution in [0.5, 0.6) is 0 Å². The van der Waals surface area contributed by atoms with E-state index < -0.39 is 17.2 Å². The van der Waals surface area contributed by atoms with Crippen LogP contribution < -0.4 is 0 Å². The van der Waals surface area contributed by atoms with E-state index in [0.29, 0.717) is 50.3 Å². The summed E-state index contributed by atoms with van der Waals surface area (Å²) in [5, 5.41) is 12.1. The van der Waals surface area contributed by atoms with Gasteiger partial charge in [0.25, 0.3) is 0 Å². The van der Waals surface area contributed by atoms with Gasteiger partial charge in [-0.25, -0.2) is 0 Å². The molecule has 6 heteroatoms. The fourth-order valence-electron chi connectivity index (χ4n) is 9.88. The molecule has 31 heavy (non-hydrogen) atoms. The van der Waals surface area contributed by atoms with Crippen molar-refractivity contribution >= 4 is 0 Å². The van der Waals surface area contributed by atoms with E-state index in [-0.39, 0.29) is 16.4 Å². The van der Waals surface area contributed by atoms with Gasteiger partial charge in [-0.1, -0.05) is 13.8 Å². The summed E-state index contributed by atoms with van der Waals surface area (Å²) >= 11 is 0. The second-order valence-electron chi connectivity index (χ2n) is 12.3. The topological polar surface area (TPSA) is 69.7 Å². The van der Waals surface area contributed by atoms with E-state index in [2.05, 4.69) is 13.8 Å². The van der Waals surface area contributed by atoms with Crippen molar-refractivity contribution in [3.05, 3.63) is 0 Å². The van der Waals surface area contributed by atoms with Crippen LogP contribution in [0.25, 0.3) is 0 Å². The molecule has 3 aliphatic heterocycles. The minimum atomic E-state index is -0.922. The zero-order chi connectivity index (χ0) is 21.3. The Bertz CT molecular complexity index is 789. The van der Waals surface area contributed by atoms with Gasteiger partial charge in [-0.15, -0.1) is 0 Å². The lowest BCUT2D eigenvalue weighted by Gasteiger charge is -2.61. The monoisotopic (exact) mass is 434 g/mol. The van der Waals surface area contributed by atoms with Gasteiger partial charge in [-0.05, 0) is 63.2 Å². The molecule has 174 valence electrons. The van der Waals surface area contributed by atoms with Gasteiger partial charge in [-0.2, -0.15) is 0 Å². The first-order chi connectivity index (χ1) is 14.7. The average molecular weight is 435 g/mol. The summed E-state index contributed by atoms with van der Waals surface area (Å²) < 4.78 is 31.0. The Kier molecular flexibility index (Phi) is 3.82. The van der Waals surface area contributed by atoms with E-state index in [1.807, 2.05) is 6.92 Å². The third kappa shape index (κ3) is 2.17. The Labute approximate surface area is 185 Å². The van der Waals surface area contributed by atoms with E-state index in [0.717, 1.165) is 51.4 Å². The highest BCUT2D eigenvalue weighted by Crippen LogP contribution is 2.76. The first-order valence-electron chi connectivity index (χ1n) is 12.7. The third-order valence-electron chi connectivity index (χ3n) is 11.6. The average Bonchev–Trinajstić information content (AvgIpc) is 3.07. The Morgan fingerprint density at radius 3 is 2.13 bits per heavy atom. The molecule has 6 nitrogen and oxygen atoms in total. The Morgan fingerprint density at radius 1 is 0.742 bits per heavy atom. The molecule has 8 atom stereocenters. The molecule has 1 N–H and O–H groups in total. The van der Waals surface area contributed by atoms with Crippen LogP contribution in [-0.4, -0.2) is 60.4 Å². The van der Waals surface area contributed by atoms with Crippen molar-refractivity contribution in [1.82, 2.24) is 0 Å². The molecular formula is C25H38O6. The minimum Gasteiger partial charge on any atom is -0.384 e. The predicted molar refractivity (Wildman–Crippen MR) is 111 cm³/mol. The number of aliphatic hydroxyl groups is 1. The normalized spacial score (nSPS) is 58.5. The molecule has 0 aromatic rings.